The Morgan fingerprint density at radius 3 is 2.60 bits per heavy atom. The molecule has 0 aliphatic rings. The van der Waals surface area contributed by atoms with Crippen molar-refractivity contribution in [2.75, 3.05) is 5.32 Å². The smallest absolute Gasteiger partial charge is 0.231 e. The van der Waals surface area contributed by atoms with E-state index >= 15 is 0 Å². The van der Waals surface area contributed by atoms with E-state index in [2.05, 4.69) is 5.32 Å². The maximum Gasteiger partial charge on any atom is 0.231 e. The summed E-state index contributed by atoms with van der Waals surface area (Å²) in [5.74, 6) is -0.527. The maximum absolute atomic E-state index is 11.3. The standard InChI is InChI=1S/C11H13NO3/c1-2-8(13)7-11(15)12-9-5-3-4-6-10(9)14/h3-6,14H,2,7H2,1H3,(H,12,15). The molecule has 0 heterocycles. The Balaban J connectivity index is 2.59. The number of Topliss-reactive ketones (excluding diaryl/α,β-unsaturated/α-hetero) is 1. The molecule has 0 fully saturated rings. The summed E-state index contributed by atoms with van der Waals surface area (Å²) in [6.07, 6.45) is 0.193. The molecule has 4 heteroatoms. The van der Waals surface area contributed by atoms with Crippen LogP contribution in [0, 0.1) is 0 Å². The number of nitrogens with one attached hydrogen (secondary N) is 1. The first-order valence-electron chi connectivity index (χ1n) is 4.73. The molecule has 0 radical (unpaired) electrons. The van der Waals surface area contributed by atoms with Gasteiger partial charge in [0, 0.05) is 6.42 Å². The zero-order valence-corrected chi connectivity index (χ0v) is 8.49. The Labute approximate surface area is 87.9 Å². The number of benzene rings is 1. The van der Waals surface area contributed by atoms with Crippen molar-refractivity contribution in [3.8, 4) is 5.75 Å². The average Bonchev–Trinajstić information content (AvgIpc) is 2.21. The third-order valence-electron chi connectivity index (χ3n) is 1.93. The maximum atomic E-state index is 11.3. The highest BCUT2D eigenvalue weighted by Gasteiger charge is 2.09. The fourth-order valence-electron chi connectivity index (χ4n) is 1.08. The summed E-state index contributed by atoms with van der Waals surface area (Å²) >= 11 is 0. The van der Waals surface area contributed by atoms with Crippen LogP contribution in [0.1, 0.15) is 19.8 Å². The monoisotopic (exact) mass is 207 g/mol. The van der Waals surface area contributed by atoms with Gasteiger partial charge < -0.3 is 10.4 Å². The summed E-state index contributed by atoms with van der Waals surface area (Å²) < 4.78 is 0. The number of rotatable bonds is 4. The van der Waals surface area contributed by atoms with Crippen LogP contribution in [0.2, 0.25) is 0 Å². The minimum absolute atomic E-state index is 0.00482. The lowest BCUT2D eigenvalue weighted by atomic mass is 10.2. The number of hydrogen-bond acceptors (Lipinski definition) is 3. The highest BCUT2D eigenvalue weighted by Crippen LogP contribution is 2.21. The van der Waals surface area contributed by atoms with Crippen LogP contribution >= 0.6 is 0 Å². The lowest BCUT2D eigenvalue weighted by Gasteiger charge is -2.05. The molecule has 1 aromatic carbocycles. The molecule has 1 rings (SSSR count). The van der Waals surface area contributed by atoms with E-state index < -0.39 is 5.91 Å². The summed E-state index contributed by atoms with van der Waals surface area (Å²) in [5.41, 5.74) is 0.325. The van der Waals surface area contributed by atoms with Crippen LogP contribution in [0.25, 0.3) is 0 Å². The van der Waals surface area contributed by atoms with Crippen molar-refractivity contribution in [3.05, 3.63) is 24.3 Å². The van der Waals surface area contributed by atoms with Gasteiger partial charge in [-0.15, -0.1) is 0 Å². The Morgan fingerprint density at radius 2 is 2.00 bits per heavy atom. The van der Waals surface area contributed by atoms with Gasteiger partial charge in [0.2, 0.25) is 5.91 Å². The molecule has 0 saturated heterocycles. The van der Waals surface area contributed by atoms with Crippen molar-refractivity contribution in [3.63, 3.8) is 0 Å². The van der Waals surface area contributed by atoms with Crippen LogP contribution in [0.4, 0.5) is 5.69 Å². The molecule has 1 amide bonds. The van der Waals surface area contributed by atoms with Crippen molar-refractivity contribution in [1.29, 1.82) is 0 Å². The Kier molecular flexibility index (Phi) is 3.85. The molecule has 0 atom stereocenters. The van der Waals surface area contributed by atoms with Crippen LogP contribution in [-0.4, -0.2) is 16.8 Å². The molecule has 0 aromatic heterocycles. The fourth-order valence-corrected chi connectivity index (χ4v) is 1.08. The van der Waals surface area contributed by atoms with Crippen LogP contribution in [0.3, 0.4) is 0 Å². The first-order valence-corrected chi connectivity index (χ1v) is 4.73. The number of anilines is 1. The zero-order valence-electron chi connectivity index (χ0n) is 8.49. The molecule has 80 valence electrons. The molecule has 0 aliphatic carbocycles. The summed E-state index contributed by atoms with van der Waals surface area (Å²) in [6.45, 7) is 1.70. The highest BCUT2D eigenvalue weighted by molar-refractivity contribution is 6.04. The topological polar surface area (TPSA) is 66.4 Å². The van der Waals surface area contributed by atoms with Gasteiger partial charge in [-0.25, -0.2) is 0 Å². The summed E-state index contributed by atoms with van der Waals surface area (Å²) in [5, 5.41) is 11.8. The normalized spacial score (nSPS) is 9.67. The van der Waals surface area contributed by atoms with Gasteiger partial charge in [0.05, 0.1) is 12.1 Å². The van der Waals surface area contributed by atoms with Gasteiger partial charge in [-0.3, -0.25) is 9.59 Å². The molecular formula is C11H13NO3. The van der Waals surface area contributed by atoms with Gasteiger partial charge in [-0.05, 0) is 12.1 Å². The fraction of sp³-hybridized carbons (Fsp3) is 0.273. The van der Waals surface area contributed by atoms with Gasteiger partial charge in [-0.2, -0.15) is 0 Å². The van der Waals surface area contributed by atoms with E-state index in [9.17, 15) is 14.7 Å². The number of carbonyl (C=O) groups excluding carboxylic acids is 2. The molecule has 15 heavy (non-hydrogen) atoms. The van der Waals surface area contributed by atoms with Crippen LogP contribution in [0.5, 0.6) is 5.75 Å². The molecule has 0 bridgehead atoms. The Morgan fingerprint density at radius 1 is 1.33 bits per heavy atom. The van der Waals surface area contributed by atoms with E-state index in [0.717, 1.165) is 0 Å². The van der Waals surface area contributed by atoms with E-state index in [-0.39, 0.29) is 18.0 Å². The van der Waals surface area contributed by atoms with Crippen molar-refractivity contribution in [1.82, 2.24) is 0 Å². The second-order valence-corrected chi connectivity index (χ2v) is 3.13. The van der Waals surface area contributed by atoms with Crippen molar-refractivity contribution in [2.24, 2.45) is 0 Å². The third kappa shape index (κ3) is 3.42. The number of carbonyl (C=O) groups is 2. The zero-order chi connectivity index (χ0) is 11.3. The molecule has 0 saturated carbocycles. The van der Waals surface area contributed by atoms with Crippen molar-refractivity contribution in [2.45, 2.75) is 19.8 Å². The van der Waals surface area contributed by atoms with Gasteiger partial charge >= 0.3 is 0 Å². The predicted molar refractivity (Wildman–Crippen MR) is 56.7 cm³/mol. The minimum atomic E-state index is -0.400. The molecular weight excluding hydrogens is 194 g/mol. The lowest BCUT2D eigenvalue weighted by Crippen LogP contribution is -2.15. The van der Waals surface area contributed by atoms with E-state index in [1.807, 2.05) is 0 Å². The number of ketones is 1. The van der Waals surface area contributed by atoms with Crippen molar-refractivity contribution >= 4 is 17.4 Å². The van der Waals surface area contributed by atoms with E-state index in [1.165, 1.54) is 6.07 Å². The predicted octanol–water partition coefficient (Wildman–Crippen LogP) is 1.70. The van der Waals surface area contributed by atoms with E-state index in [1.54, 1.807) is 25.1 Å². The summed E-state index contributed by atoms with van der Waals surface area (Å²) in [7, 11) is 0. The van der Waals surface area contributed by atoms with E-state index in [4.69, 9.17) is 0 Å². The second-order valence-electron chi connectivity index (χ2n) is 3.13. The lowest BCUT2D eigenvalue weighted by molar-refractivity contribution is -0.125. The number of phenols is 1. The van der Waals surface area contributed by atoms with Crippen LogP contribution in [-0.2, 0) is 9.59 Å². The summed E-state index contributed by atoms with van der Waals surface area (Å²) in [6, 6.07) is 6.39. The van der Waals surface area contributed by atoms with Crippen LogP contribution in [0.15, 0.2) is 24.3 Å². The molecule has 1 aromatic rings. The average molecular weight is 207 g/mol. The SMILES string of the molecule is CCC(=O)CC(=O)Nc1ccccc1O. The second kappa shape index (κ2) is 5.14. The summed E-state index contributed by atoms with van der Waals surface area (Å²) in [4.78, 5) is 22.3. The third-order valence-corrected chi connectivity index (χ3v) is 1.93. The number of amides is 1. The molecule has 0 unspecified atom stereocenters. The minimum Gasteiger partial charge on any atom is -0.506 e. The first-order chi connectivity index (χ1) is 7.13. The number of hydrogen-bond donors (Lipinski definition) is 2. The number of phenolic OH excluding ortho intramolecular Hbond substituents is 1. The molecule has 2 N–H and O–H groups in total. The van der Waals surface area contributed by atoms with Gasteiger partial charge in [0.25, 0.3) is 0 Å². The van der Waals surface area contributed by atoms with Crippen molar-refractivity contribution < 1.29 is 14.7 Å². The molecule has 4 nitrogen and oxygen atoms in total. The Bertz CT molecular complexity index is 374. The quantitative estimate of drug-likeness (QED) is 0.583. The number of para-hydroxylation sites is 2. The van der Waals surface area contributed by atoms with Crippen LogP contribution < -0.4 is 5.32 Å². The molecule has 0 aliphatic heterocycles. The van der Waals surface area contributed by atoms with Gasteiger partial charge in [-0.1, -0.05) is 19.1 Å². The highest BCUT2D eigenvalue weighted by atomic mass is 16.3. The first kappa shape index (κ1) is 11.2. The largest absolute Gasteiger partial charge is 0.506 e. The van der Waals surface area contributed by atoms with Gasteiger partial charge in [0.1, 0.15) is 11.5 Å². The van der Waals surface area contributed by atoms with E-state index in [0.29, 0.717) is 12.1 Å². The Hall–Kier alpha value is -1.84. The van der Waals surface area contributed by atoms with Gasteiger partial charge in [0.15, 0.2) is 0 Å². The number of aromatic hydroxyl groups is 1. The molecule has 0 spiro atoms.